The lowest BCUT2D eigenvalue weighted by Gasteiger charge is -2.41. The summed E-state index contributed by atoms with van der Waals surface area (Å²) in [6.07, 6.45) is 3.70. The van der Waals surface area contributed by atoms with Crippen LogP contribution in [0, 0.1) is 12.8 Å². The third kappa shape index (κ3) is 4.49. The molecule has 1 aliphatic carbocycles. The number of carbonyl (C=O) groups excluding carboxylic acids is 2. The third-order valence-corrected chi connectivity index (χ3v) is 6.47. The molecule has 161 valence electrons. The molecule has 1 radical (unpaired) electrons. The molecule has 2 fully saturated rings. The summed E-state index contributed by atoms with van der Waals surface area (Å²) in [7, 11) is 5.98. The molecule has 4 atom stereocenters. The molecule has 3 rings (SSSR count). The molecule has 1 unspecified atom stereocenters. The Kier molecular flexibility index (Phi) is 6.08. The number of aryl methyl sites for hydroxylation is 1. The van der Waals surface area contributed by atoms with Gasteiger partial charge in [0.1, 0.15) is 11.7 Å². The van der Waals surface area contributed by atoms with Crippen molar-refractivity contribution in [2.24, 2.45) is 13.0 Å². The van der Waals surface area contributed by atoms with Gasteiger partial charge in [-0.1, -0.05) is 20.8 Å². The van der Waals surface area contributed by atoms with Crippen molar-refractivity contribution in [3.8, 4) is 0 Å². The Labute approximate surface area is 174 Å². The number of nitrogens with one attached hydrogen (secondary N) is 1. The van der Waals surface area contributed by atoms with E-state index in [0.29, 0.717) is 24.7 Å². The zero-order valence-electron chi connectivity index (χ0n) is 18.7. The molecule has 1 saturated carbocycles. The number of hydrogen-bond acceptors (Lipinski definition) is 4. The molecule has 1 aliphatic heterocycles. The maximum atomic E-state index is 13.0. The fraction of sp³-hybridized carbons (Fsp3) is 0.727. The minimum absolute atomic E-state index is 0.0264. The largest absolute Gasteiger partial charge is 0.339 e. The molecule has 0 bridgehead atoms. The van der Waals surface area contributed by atoms with Gasteiger partial charge < -0.3 is 15.1 Å². The SMILES string of the molecule is [CH2][C@@H]1C[C@H](N(C)C)CC[C@@H]1N1CCC(NC(=O)c2cc(C(C)(C)C)nn2C)C1=O. The topological polar surface area (TPSA) is 70.5 Å². The Hall–Kier alpha value is -1.89. The van der Waals surface area contributed by atoms with Crippen LogP contribution in [0.25, 0.3) is 0 Å². The van der Waals surface area contributed by atoms with E-state index in [1.165, 1.54) is 0 Å². The van der Waals surface area contributed by atoms with Crippen LogP contribution in [-0.4, -0.2) is 70.2 Å². The van der Waals surface area contributed by atoms with Crippen LogP contribution in [0.5, 0.6) is 0 Å². The molecule has 7 heteroatoms. The van der Waals surface area contributed by atoms with Crippen molar-refractivity contribution >= 4 is 11.8 Å². The second-order valence-electron chi connectivity index (χ2n) is 9.89. The number of rotatable bonds is 4. The van der Waals surface area contributed by atoms with Crippen LogP contribution in [0.1, 0.15) is 62.6 Å². The van der Waals surface area contributed by atoms with Crippen LogP contribution in [0.4, 0.5) is 0 Å². The molecule has 1 aromatic heterocycles. The molecular formula is C22H36N5O2. The number of likely N-dealkylation sites (tertiary alicyclic amines) is 1. The Morgan fingerprint density at radius 3 is 2.52 bits per heavy atom. The highest BCUT2D eigenvalue weighted by atomic mass is 16.2. The van der Waals surface area contributed by atoms with Gasteiger partial charge in [-0.2, -0.15) is 5.10 Å². The van der Waals surface area contributed by atoms with Crippen molar-refractivity contribution in [1.82, 2.24) is 24.9 Å². The van der Waals surface area contributed by atoms with E-state index in [1.54, 1.807) is 11.7 Å². The van der Waals surface area contributed by atoms with Crippen LogP contribution in [0.2, 0.25) is 0 Å². The molecule has 0 spiro atoms. The molecule has 29 heavy (non-hydrogen) atoms. The van der Waals surface area contributed by atoms with Gasteiger partial charge >= 0.3 is 0 Å². The number of amides is 2. The van der Waals surface area contributed by atoms with E-state index in [1.807, 2.05) is 11.0 Å². The first kappa shape index (κ1) is 21.8. The first-order valence-electron chi connectivity index (χ1n) is 10.6. The first-order valence-corrected chi connectivity index (χ1v) is 10.6. The summed E-state index contributed by atoms with van der Waals surface area (Å²) in [5.41, 5.74) is 1.22. The number of nitrogens with zero attached hydrogens (tertiary/aromatic N) is 4. The molecule has 2 amide bonds. The number of hydrogen-bond donors (Lipinski definition) is 1. The second kappa shape index (κ2) is 8.09. The predicted octanol–water partition coefficient (Wildman–Crippen LogP) is 1.98. The molecule has 1 saturated heterocycles. The van der Waals surface area contributed by atoms with Crippen molar-refractivity contribution in [2.45, 2.75) is 70.0 Å². The zero-order valence-corrected chi connectivity index (χ0v) is 18.7. The van der Waals surface area contributed by atoms with Gasteiger partial charge in [0.05, 0.1) is 5.69 Å². The van der Waals surface area contributed by atoms with E-state index in [2.05, 4.69) is 57.1 Å². The summed E-state index contributed by atoms with van der Waals surface area (Å²) in [6, 6.07) is 2.06. The normalized spacial score (nSPS) is 28.3. The van der Waals surface area contributed by atoms with E-state index in [-0.39, 0.29) is 29.2 Å². The van der Waals surface area contributed by atoms with Crippen molar-refractivity contribution in [3.63, 3.8) is 0 Å². The second-order valence-corrected chi connectivity index (χ2v) is 9.89. The van der Waals surface area contributed by atoms with Crippen molar-refractivity contribution in [1.29, 1.82) is 0 Å². The average Bonchev–Trinajstić information content (AvgIpc) is 3.18. The van der Waals surface area contributed by atoms with Gasteiger partial charge in [-0.3, -0.25) is 14.3 Å². The van der Waals surface area contributed by atoms with Gasteiger partial charge in [-0.15, -0.1) is 0 Å². The van der Waals surface area contributed by atoms with Gasteiger partial charge in [0.25, 0.3) is 5.91 Å². The molecule has 0 aromatic carbocycles. The highest BCUT2D eigenvalue weighted by Crippen LogP contribution is 2.32. The van der Waals surface area contributed by atoms with E-state index in [9.17, 15) is 9.59 Å². The Bertz CT molecular complexity index is 764. The van der Waals surface area contributed by atoms with Crippen molar-refractivity contribution in [3.05, 3.63) is 24.4 Å². The van der Waals surface area contributed by atoms with Crippen LogP contribution >= 0.6 is 0 Å². The van der Waals surface area contributed by atoms with Gasteiger partial charge in [0.15, 0.2) is 0 Å². The fourth-order valence-electron chi connectivity index (χ4n) is 4.55. The third-order valence-electron chi connectivity index (χ3n) is 6.47. The average molecular weight is 403 g/mol. The monoisotopic (exact) mass is 402 g/mol. The van der Waals surface area contributed by atoms with E-state index in [4.69, 9.17) is 0 Å². The molecule has 1 aromatic rings. The quantitative estimate of drug-likeness (QED) is 0.836. The lowest BCUT2D eigenvalue weighted by atomic mass is 9.81. The van der Waals surface area contributed by atoms with Gasteiger partial charge in [-0.25, -0.2) is 0 Å². The highest BCUT2D eigenvalue weighted by Gasteiger charge is 2.41. The number of aromatic nitrogens is 2. The molecule has 7 nitrogen and oxygen atoms in total. The lowest BCUT2D eigenvalue weighted by Crippen LogP contribution is -2.50. The van der Waals surface area contributed by atoms with Crippen molar-refractivity contribution < 1.29 is 9.59 Å². The minimum atomic E-state index is -0.464. The highest BCUT2D eigenvalue weighted by molar-refractivity contribution is 5.97. The van der Waals surface area contributed by atoms with Crippen LogP contribution in [0.3, 0.4) is 0 Å². The zero-order chi connectivity index (χ0) is 21.5. The minimum Gasteiger partial charge on any atom is -0.339 e. The molecule has 2 aliphatic rings. The van der Waals surface area contributed by atoms with E-state index >= 15 is 0 Å². The summed E-state index contributed by atoms with van der Waals surface area (Å²) in [6.45, 7) is 11.2. The summed E-state index contributed by atoms with van der Waals surface area (Å²) in [5, 5.41) is 7.41. The van der Waals surface area contributed by atoms with Crippen molar-refractivity contribution in [2.75, 3.05) is 20.6 Å². The summed E-state index contributed by atoms with van der Waals surface area (Å²) in [4.78, 5) is 30.1. The van der Waals surface area contributed by atoms with E-state index < -0.39 is 6.04 Å². The molecule has 1 N–H and O–H groups in total. The Morgan fingerprint density at radius 1 is 1.28 bits per heavy atom. The standard InChI is InChI=1S/C22H36N5O2/c1-14-12-15(25(5)6)8-9-17(14)27-11-10-16(21(27)29)23-20(28)18-13-19(22(2,3)4)24-26(18)7/h13-17H,1,8-12H2,2-7H3,(H,23,28)/t14-,15-,16?,17+/m1/s1. The van der Waals surface area contributed by atoms with Gasteiger partial charge in [0.2, 0.25) is 5.91 Å². The predicted molar refractivity (Wildman–Crippen MR) is 113 cm³/mol. The van der Waals surface area contributed by atoms with Crippen LogP contribution in [0.15, 0.2) is 6.07 Å². The van der Waals surface area contributed by atoms with E-state index in [0.717, 1.165) is 25.0 Å². The van der Waals surface area contributed by atoms with Gasteiger partial charge in [-0.05, 0) is 58.7 Å². The maximum absolute atomic E-state index is 13.0. The molecular weight excluding hydrogens is 366 g/mol. The van der Waals surface area contributed by atoms with Crippen LogP contribution in [-0.2, 0) is 17.3 Å². The van der Waals surface area contributed by atoms with Crippen LogP contribution < -0.4 is 5.32 Å². The smallest absolute Gasteiger partial charge is 0.270 e. The summed E-state index contributed by atoms with van der Waals surface area (Å²) in [5.74, 6) is 0.0117. The fourth-order valence-corrected chi connectivity index (χ4v) is 4.55. The summed E-state index contributed by atoms with van der Waals surface area (Å²) < 4.78 is 1.60. The maximum Gasteiger partial charge on any atom is 0.270 e. The molecule has 2 heterocycles. The lowest BCUT2D eigenvalue weighted by molar-refractivity contribution is -0.132. The Morgan fingerprint density at radius 2 is 1.97 bits per heavy atom. The Balaban J connectivity index is 1.64. The number of carbonyl (C=O) groups is 2. The van der Waals surface area contributed by atoms with Gasteiger partial charge in [0, 0.05) is 31.1 Å². The first-order chi connectivity index (χ1) is 13.5. The summed E-state index contributed by atoms with van der Waals surface area (Å²) >= 11 is 0.